The van der Waals surface area contributed by atoms with E-state index in [1.807, 2.05) is 18.2 Å². The smallest absolute Gasteiger partial charge is 0.303 e. The van der Waals surface area contributed by atoms with Crippen molar-refractivity contribution in [2.75, 3.05) is 0 Å². The second kappa shape index (κ2) is 9.12. The number of nitrogens with one attached hydrogen (secondary N) is 1. The molecule has 0 saturated heterocycles. The molecule has 0 unspecified atom stereocenters. The number of aliphatic carboxylic acids is 1. The minimum absolute atomic E-state index is 0.0115. The highest BCUT2D eigenvalue weighted by Crippen LogP contribution is 2.46. The summed E-state index contributed by atoms with van der Waals surface area (Å²) in [7, 11) is 0. The van der Waals surface area contributed by atoms with Crippen molar-refractivity contribution in [3.8, 4) is 11.5 Å². The molecular weight excluding hydrogens is 424 g/mol. The van der Waals surface area contributed by atoms with Gasteiger partial charge in [-0.05, 0) is 66.8 Å². The first kappa shape index (κ1) is 22.0. The van der Waals surface area contributed by atoms with Gasteiger partial charge in [0.25, 0.3) is 11.6 Å². The number of aryl methyl sites for hydroxylation is 1. The molecule has 0 atom stereocenters. The van der Waals surface area contributed by atoms with Crippen LogP contribution in [0.4, 0.5) is 5.69 Å². The van der Waals surface area contributed by atoms with Gasteiger partial charge in [0, 0.05) is 24.1 Å². The molecule has 0 radical (unpaired) electrons. The summed E-state index contributed by atoms with van der Waals surface area (Å²) in [4.78, 5) is 34.9. The van der Waals surface area contributed by atoms with Crippen molar-refractivity contribution < 1.29 is 24.4 Å². The zero-order chi connectivity index (χ0) is 23.4. The van der Waals surface area contributed by atoms with E-state index in [0.717, 1.165) is 5.56 Å². The predicted molar refractivity (Wildman–Crippen MR) is 120 cm³/mol. The molecule has 8 heteroatoms. The fraction of sp³-hybridized carbons (Fsp3) is 0.200. The molecule has 0 aromatic heterocycles. The topological polar surface area (TPSA) is 119 Å². The predicted octanol–water partition coefficient (Wildman–Crippen LogP) is 4.82. The average Bonchev–Trinajstić information content (AvgIpc) is 3.59. The second-order valence-corrected chi connectivity index (χ2v) is 7.97. The van der Waals surface area contributed by atoms with E-state index in [1.165, 1.54) is 12.1 Å². The molecule has 1 amide bonds. The first-order valence-electron chi connectivity index (χ1n) is 10.5. The van der Waals surface area contributed by atoms with Crippen LogP contribution in [0, 0.1) is 10.1 Å². The normalized spacial score (nSPS) is 13.7. The van der Waals surface area contributed by atoms with Crippen LogP contribution in [0.1, 0.15) is 40.7 Å². The number of nitro benzene ring substituents is 1. The van der Waals surface area contributed by atoms with Crippen LogP contribution in [-0.2, 0) is 16.8 Å². The van der Waals surface area contributed by atoms with Gasteiger partial charge < -0.3 is 15.2 Å². The number of benzene rings is 3. The summed E-state index contributed by atoms with van der Waals surface area (Å²) < 4.78 is 5.86. The maximum atomic E-state index is 13.3. The summed E-state index contributed by atoms with van der Waals surface area (Å²) in [5.41, 5.74) is 1.15. The summed E-state index contributed by atoms with van der Waals surface area (Å²) in [6.07, 6.45) is 1.52. The van der Waals surface area contributed by atoms with Gasteiger partial charge in [0.15, 0.2) is 0 Å². The summed E-state index contributed by atoms with van der Waals surface area (Å²) in [5, 5.41) is 23.1. The number of nitro groups is 1. The molecule has 3 aromatic rings. The van der Waals surface area contributed by atoms with Crippen molar-refractivity contribution in [2.45, 2.75) is 31.2 Å². The minimum atomic E-state index is -0.949. The fourth-order valence-corrected chi connectivity index (χ4v) is 3.71. The molecule has 0 bridgehead atoms. The van der Waals surface area contributed by atoms with E-state index in [0.29, 0.717) is 35.5 Å². The molecule has 0 heterocycles. The molecule has 1 saturated carbocycles. The van der Waals surface area contributed by atoms with E-state index in [9.17, 15) is 19.7 Å². The Hall–Kier alpha value is -4.20. The van der Waals surface area contributed by atoms with Gasteiger partial charge in [-0.3, -0.25) is 19.7 Å². The molecule has 8 nitrogen and oxygen atoms in total. The summed E-state index contributed by atoms with van der Waals surface area (Å²) in [6.45, 7) is 0. The molecule has 168 valence electrons. The number of carboxylic acid groups (broad SMARTS) is 1. The van der Waals surface area contributed by atoms with Crippen molar-refractivity contribution in [3.63, 3.8) is 0 Å². The molecule has 4 rings (SSSR count). The van der Waals surface area contributed by atoms with Gasteiger partial charge >= 0.3 is 5.97 Å². The van der Waals surface area contributed by atoms with Crippen LogP contribution in [0.2, 0.25) is 0 Å². The number of hydrogen-bond acceptors (Lipinski definition) is 5. The number of rotatable bonds is 9. The Balaban J connectivity index is 1.59. The van der Waals surface area contributed by atoms with Crippen molar-refractivity contribution in [1.82, 2.24) is 5.32 Å². The molecule has 0 aliphatic heterocycles. The Morgan fingerprint density at radius 2 is 1.70 bits per heavy atom. The van der Waals surface area contributed by atoms with E-state index < -0.39 is 16.4 Å². The monoisotopic (exact) mass is 446 g/mol. The number of carbonyl (C=O) groups is 2. The Morgan fingerprint density at radius 1 is 1.00 bits per heavy atom. The third kappa shape index (κ3) is 5.17. The van der Waals surface area contributed by atoms with Crippen LogP contribution in [0.3, 0.4) is 0 Å². The lowest BCUT2D eigenvalue weighted by atomic mass is 9.99. The SMILES string of the molecule is O=C(O)CCc1ccc(Oc2ccccc2)cc1C(=O)NC1(c2ccc([N+](=O)[O-])cc2)CC1. The van der Waals surface area contributed by atoms with E-state index in [4.69, 9.17) is 9.84 Å². The number of nitrogens with zero attached hydrogens (tertiary/aromatic N) is 1. The fourth-order valence-electron chi connectivity index (χ4n) is 3.71. The molecular formula is C25H22N2O6. The van der Waals surface area contributed by atoms with E-state index >= 15 is 0 Å². The summed E-state index contributed by atoms with van der Waals surface area (Å²) >= 11 is 0. The minimum Gasteiger partial charge on any atom is -0.481 e. The maximum absolute atomic E-state index is 13.3. The zero-order valence-corrected chi connectivity index (χ0v) is 17.7. The largest absolute Gasteiger partial charge is 0.481 e. The lowest BCUT2D eigenvalue weighted by Crippen LogP contribution is -2.35. The quantitative estimate of drug-likeness (QED) is 0.359. The van der Waals surface area contributed by atoms with E-state index in [1.54, 1.807) is 42.5 Å². The van der Waals surface area contributed by atoms with Gasteiger partial charge in [-0.2, -0.15) is 0 Å². The molecule has 2 N–H and O–H groups in total. The number of para-hydroxylation sites is 1. The van der Waals surface area contributed by atoms with Crippen LogP contribution in [0.25, 0.3) is 0 Å². The van der Waals surface area contributed by atoms with Crippen LogP contribution in [0.15, 0.2) is 72.8 Å². The lowest BCUT2D eigenvalue weighted by molar-refractivity contribution is -0.384. The molecule has 33 heavy (non-hydrogen) atoms. The number of ether oxygens (including phenoxy) is 1. The van der Waals surface area contributed by atoms with Crippen molar-refractivity contribution in [2.24, 2.45) is 0 Å². The average molecular weight is 446 g/mol. The first-order chi connectivity index (χ1) is 15.9. The number of amides is 1. The van der Waals surface area contributed by atoms with Gasteiger partial charge in [0.05, 0.1) is 10.5 Å². The van der Waals surface area contributed by atoms with Gasteiger partial charge in [-0.15, -0.1) is 0 Å². The molecule has 3 aromatic carbocycles. The standard InChI is InChI=1S/C25H22N2O6/c28-23(29)13-7-17-6-12-21(33-20-4-2-1-3-5-20)16-22(17)24(30)26-25(14-15-25)18-8-10-19(11-9-18)27(31)32/h1-6,8-12,16H,7,13-15H2,(H,26,30)(H,28,29). The van der Waals surface area contributed by atoms with Gasteiger partial charge in [-0.25, -0.2) is 0 Å². The van der Waals surface area contributed by atoms with Crippen molar-refractivity contribution in [1.29, 1.82) is 0 Å². The molecule has 0 spiro atoms. The lowest BCUT2D eigenvalue weighted by Gasteiger charge is -2.20. The third-order valence-corrected chi connectivity index (χ3v) is 5.65. The van der Waals surface area contributed by atoms with Crippen LogP contribution < -0.4 is 10.1 Å². The van der Waals surface area contributed by atoms with E-state index in [-0.39, 0.29) is 24.4 Å². The Kier molecular flexibility index (Phi) is 6.08. The molecule has 1 aliphatic carbocycles. The highest BCUT2D eigenvalue weighted by molar-refractivity contribution is 5.97. The molecule has 1 aliphatic rings. The third-order valence-electron chi connectivity index (χ3n) is 5.65. The Morgan fingerprint density at radius 3 is 2.30 bits per heavy atom. The Labute approximate surface area is 190 Å². The van der Waals surface area contributed by atoms with E-state index in [2.05, 4.69) is 5.32 Å². The zero-order valence-electron chi connectivity index (χ0n) is 17.7. The summed E-state index contributed by atoms with van der Waals surface area (Å²) in [6, 6.07) is 20.3. The van der Waals surface area contributed by atoms with Gasteiger partial charge in [0.2, 0.25) is 0 Å². The number of carbonyl (C=O) groups excluding carboxylic acids is 1. The maximum Gasteiger partial charge on any atom is 0.303 e. The number of carboxylic acids is 1. The van der Waals surface area contributed by atoms with Crippen molar-refractivity contribution in [3.05, 3.63) is 99.6 Å². The first-order valence-corrected chi connectivity index (χ1v) is 10.5. The molecule has 1 fully saturated rings. The second-order valence-electron chi connectivity index (χ2n) is 7.97. The van der Waals surface area contributed by atoms with Crippen molar-refractivity contribution >= 4 is 17.6 Å². The van der Waals surface area contributed by atoms with Gasteiger partial charge in [-0.1, -0.05) is 24.3 Å². The number of non-ortho nitro benzene ring substituents is 1. The van der Waals surface area contributed by atoms with Crippen LogP contribution >= 0.6 is 0 Å². The highest BCUT2D eigenvalue weighted by Gasteiger charge is 2.46. The Bertz CT molecular complexity index is 1190. The highest BCUT2D eigenvalue weighted by atomic mass is 16.6. The number of hydrogen-bond donors (Lipinski definition) is 2. The van der Waals surface area contributed by atoms with Crippen LogP contribution in [0.5, 0.6) is 11.5 Å². The van der Waals surface area contributed by atoms with Gasteiger partial charge in [0.1, 0.15) is 11.5 Å². The van der Waals surface area contributed by atoms with Crippen LogP contribution in [-0.4, -0.2) is 21.9 Å². The summed E-state index contributed by atoms with van der Waals surface area (Å²) in [5.74, 6) is -0.211.